The molecule has 2 aromatic carbocycles. The Morgan fingerprint density at radius 1 is 1.23 bits per heavy atom. The van der Waals surface area contributed by atoms with E-state index in [1.165, 1.54) is 38.5 Å². The monoisotopic (exact) mass is 361 g/mol. The Morgan fingerprint density at radius 2 is 2.00 bits per heavy atom. The molecule has 9 heteroatoms. The van der Waals surface area contributed by atoms with Crippen molar-refractivity contribution in [3.8, 4) is 11.5 Å². The number of methoxy groups -OCH3 is 2. The number of hydrogen-bond acceptors (Lipinski definition) is 6. The van der Waals surface area contributed by atoms with Crippen LogP contribution in [0.1, 0.15) is 11.7 Å². The SMILES string of the molecule is COc1ccc(OC)c([C@H](O)CNC(=O)Nc2cccc([N+](=O)[O-])c2)c1. The number of nitrogens with zero attached hydrogens (tertiary/aromatic N) is 1. The maximum absolute atomic E-state index is 11.9. The summed E-state index contributed by atoms with van der Waals surface area (Å²) in [4.78, 5) is 22.1. The molecule has 0 aliphatic rings. The van der Waals surface area contributed by atoms with Crippen molar-refractivity contribution in [3.63, 3.8) is 0 Å². The van der Waals surface area contributed by atoms with E-state index in [2.05, 4.69) is 10.6 Å². The summed E-state index contributed by atoms with van der Waals surface area (Å²) >= 11 is 0. The smallest absolute Gasteiger partial charge is 0.319 e. The van der Waals surface area contributed by atoms with E-state index in [4.69, 9.17) is 9.47 Å². The number of benzene rings is 2. The summed E-state index contributed by atoms with van der Waals surface area (Å²) < 4.78 is 10.3. The molecular formula is C17H19N3O6. The summed E-state index contributed by atoms with van der Waals surface area (Å²) in [6.45, 7) is -0.0930. The highest BCUT2D eigenvalue weighted by Crippen LogP contribution is 2.29. The molecule has 0 bridgehead atoms. The van der Waals surface area contributed by atoms with Gasteiger partial charge < -0.3 is 25.2 Å². The first-order valence-corrected chi connectivity index (χ1v) is 7.64. The zero-order valence-corrected chi connectivity index (χ0v) is 14.3. The minimum absolute atomic E-state index is 0.0930. The average Bonchev–Trinajstić information content (AvgIpc) is 2.65. The second-order valence-corrected chi connectivity index (χ2v) is 5.27. The third-order valence-electron chi connectivity index (χ3n) is 3.57. The molecule has 0 saturated heterocycles. The fourth-order valence-electron chi connectivity index (χ4n) is 2.27. The van der Waals surface area contributed by atoms with E-state index in [0.717, 1.165) is 0 Å². The van der Waals surface area contributed by atoms with E-state index in [0.29, 0.717) is 17.1 Å². The Hall–Kier alpha value is -3.33. The second-order valence-electron chi connectivity index (χ2n) is 5.27. The average molecular weight is 361 g/mol. The molecule has 138 valence electrons. The predicted molar refractivity (Wildman–Crippen MR) is 94.6 cm³/mol. The van der Waals surface area contributed by atoms with E-state index in [-0.39, 0.29) is 17.9 Å². The van der Waals surface area contributed by atoms with Crippen LogP contribution in [0.25, 0.3) is 0 Å². The molecule has 2 aromatic rings. The number of anilines is 1. The first-order chi connectivity index (χ1) is 12.4. The first-order valence-electron chi connectivity index (χ1n) is 7.64. The van der Waals surface area contributed by atoms with Crippen molar-refractivity contribution in [1.29, 1.82) is 0 Å². The summed E-state index contributed by atoms with van der Waals surface area (Å²) in [7, 11) is 2.98. The van der Waals surface area contributed by atoms with Gasteiger partial charge in [-0.25, -0.2) is 4.79 Å². The van der Waals surface area contributed by atoms with Crippen LogP contribution in [0.15, 0.2) is 42.5 Å². The molecule has 0 saturated carbocycles. The number of nitro groups is 1. The van der Waals surface area contributed by atoms with E-state index < -0.39 is 17.1 Å². The first kappa shape index (κ1) is 19.0. The number of amides is 2. The number of carbonyl (C=O) groups excluding carboxylic acids is 1. The molecular weight excluding hydrogens is 342 g/mol. The van der Waals surface area contributed by atoms with Crippen molar-refractivity contribution < 1.29 is 24.3 Å². The van der Waals surface area contributed by atoms with Gasteiger partial charge in [0.15, 0.2) is 0 Å². The number of carbonyl (C=O) groups is 1. The quantitative estimate of drug-likeness (QED) is 0.514. The zero-order chi connectivity index (χ0) is 19.1. The van der Waals surface area contributed by atoms with Gasteiger partial charge in [-0.2, -0.15) is 0 Å². The lowest BCUT2D eigenvalue weighted by atomic mass is 10.1. The standard InChI is InChI=1S/C17H19N3O6/c1-25-13-6-7-16(26-2)14(9-13)15(21)10-18-17(22)19-11-4-3-5-12(8-11)20(23)24/h3-9,15,21H,10H2,1-2H3,(H2,18,19,22)/t15-/m1/s1. The number of non-ortho nitro benzene ring substituents is 1. The van der Waals surface area contributed by atoms with Crippen LogP contribution in [-0.2, 0) is 0 Å². The van der Waals surface area contributed by atoms with Gasteiger partial charge in [-0.1, -0.05) is 6.07 Å². The Kier molecular flexibility index (Phi) is 6.34. The van der Waals surface area contributed by atoms with Gasteiger partial charge in [-0.15, -0.1) is 0 Å². The van der Waals surface area contributed by atoms with Crippen molar-refractivity contribution in [2.45, 2.75) is 6.10 Å². The normalized spacial score (nSPS) is 11.3. The summed E-state index contributed by atoms with van der Waals surface area (Å²) in [6, 6.07) is 9.90. The number of nitrogens with one attached hydrogen (secondary N) is 2. The minimum Gasteiger partial charge on any atom is -0.497 e. The van der Waals surface area contributed by atoms with Crippen molar-refractivity contribution in [2.24, 2.45) is 0 Å². The van der Waals surface area contributed by atoms with Crippen LogP contribution in [0.3, 0.4) is 0 Å². The zero-order valence-electron chi connectivity index (χ0n) is 14.3. The van der Waals surface area contributed by atoms with Crippen LogP contribution >= 0.6 is 0 Å². The number of urea groups is 1. The van der Waals surface area contributed by atoms with Gasteiger partial charge in [0.2, 0.25) is 0 Å². The van der Waals surface area contributed by atoms with Crippen molar-refractivity contribution in [2.75, 3.05) is 26.1 Å². The molecule has 0 spiro atoms. The minimum atomic E-state index is -1.03. The van der Waals surface area contributed by atoms with Crippen LogP contribution in [0, 0.1) is 10.1 Å². The number of aliphatic hydroxyl groups excluding tert-OH is 1. The van der Waals surface area contributed by atoms with Crippen LogP contribution in [0.5, 0.6) is 11.5 Å². The topological polar surface area (TPSA) is 123 Å². The maximum atomic E-state index is 11.9. The van der Waals surface area contributed by atoms with Gasteiger partial charge in [0.1, 0.15) is 17.6 Å². The van der Waals surface area contributed by atoms with Gasteiger partial charge in [-0.05, 0) is 24.3 Å². The summed E-state index contributed by atoms with van der Waals surface area (Å²) in [5.41, 5.74) is 0.594. The summed E-state index contributed by atoms with van der Waals surface area (Å²) in [5.74, 6) is 1.00. The van der Waals surface area contributed by atoms with E-state index in [1.54, 1.807) is 18.2 Å². The van der Waals surface area contributed by atoms with Gasteiger partial charge in [0.05, 0.1) is 19.1 Å². The second kappa shape index (κ2) is 8.67. The predicted octanol–water partition coefficient (Wildman–Crippen LogP) is 2.47. The molecule has 0 radical (unpaired) electrons. The third-order valence-corrected chi connectivity index (χ3v) is 3.57. The highest BCUT2D eigenvalue weighted by Gasteiger charge is 2.16. The number of nitro benzene ring substituents is 1. The van der Waals surface area contributed by atoms with Crippen molar-refractivity contribution in [1.82, 2.24) is 5.32 Å². The molecule has 26 heavy (non-hydrogen) atoms. The fraction of sp³-hybridized carbons (Fsp3) is 0.235. The maximum Gasteiger partial charge on any atom is 0.319 e. The van der Waals surface area contributed by atoms with Crippen molar-refractivity contribution in [3.05, 3.63) is 58.1 Å². The van der Waals surface area contributed by atoms with Gasteiger partial charge >= 0.3 is 6.03 Å². The molecule has 0 unspecified atom stereocenters. The van der Waals surface area contributed by atoms with E-state index in [9.17, 15) is 20.0 Å². The molecule has 0 aliphatic heterocycles. The molecule has 0 aliphatic carbocycles. The lowest BCUT2D eigenvalue weighted by Crippen LogP contribution is -2.32. The highest BCUT2D eigenvalue weighted by atomic mass is 16.6. The Bertz CT molecular complexity index is 796. The van der Waals surface area contributed by atoms with E-state index >= 15 is 0 Å². The Balaban J connectivity index is 1.99. The fourth-order valence-corrected chi connectivity index (χ4v) is 2.27. The van der Waals surface area contributed by atoms with Gasteiger partial charge in [0.25, 0.3) is 5.69 Å². The molecule has 0 heterocycles. The molecule has 9 nitrogen and oxygen atoms in total. The van der Waals surface area contributed by atoms with Crippen LogP contribution < -0.4 is 20.1 Å². The number of hydrogen-bond donors (Lipinski definition) is 3. The number of aliphatic hydroxyl groups is 1. The summed E-state index contributed by atoms with van der Waals surface area (Å²) in [6.07, 6.45) is -1.03. The lowest BCUT2D eigenvalue weighted by Gasteiger charge is -2.16. The Morgan fingerprint density at radius 3 is 2.65 bits per heavy atom. The van der Waals surface area contributed by atoms with E-state index in [1.807, 2.05) is 0 Å². The van der Waals surface area contributed by atoms with Crippen LogP contribution in [0.2, 0.25) is 0 Å². The lowest BCUT2D eigenvalue weighted by molar-refractivity contribution is -0.384. The molecule has 2 amide bonds. The highest BCUT2D eigenvalue weighted by molar-refractivity contribution is 5.89. The number of rotatable bonds is 7. The molecule has 0 fully saturated rings. The molecule has 2 rings (SSSR count). The molecule has 0 aromatic heterocycles. The van der Waals surface area contributed by atoms with Gasteiger partial charge in [0, 0.05) is 29.9 Å². The Labute approximate surface area is 149 Å². The molecule has 1 atom stereocenters. The summed E-state index contributed by atoms with van der Waals surface area (Å²) in [5, 5.41) is 26.0. The molecule has 3 N–H and O–H groups in total. The number of ether oxygens (including phenoxy) is 2. The van der Waals surface area contributed by atoms with Gasteiger partial charge in [-0.3, -0.25) is 10.1 Å². The van der Waals surface area contributed by atoms with Crippen LogP contribution in [-0.4, -0.2) is 36.8 Å². The third kappa shape index (κ3) is 4.84. The largest absolute Gasteiger partial charge is 0.497 e. The van der Waals surface area contributed by atoms with Crippen molar-refractivity contribution >= 4 is 17.4 Å². The van der Waals surface area contributed by atoms with Crippen LogP contribution in [0.4, 0.5) is 16.2 Å².